The van der Waals surface area contributed by atoms with Crippen molar-refractivity contribution in [1.29, 1.82) is 0 Å². The molecule has 364 valence electrons. The minimum absolute atomic E-state index is 0.0859. The quantitative estimate of drug-likeness (QED) is 0.0147. The maximum Gasteiger partial charge on any atom is 0.472 e. The molecule has 0 bridgehead atoms. The molecule has 0 aromatic rings. The van der Waals surface area contributed by atoms with Crippen molar-refractivity contribution in [3.8, 4) is 0 Å². The summed E-state index contributed by atoms with van der Waals surface area (Å²) in [4.78, 5) is 23.1. The van der Waals surface area contributed by atoms with E-state index in [2.05, 4.69) is 50.3 Å². The molecule has 1 aliphatic rings. The number of aliphatic hydroxyl groups excluding tert-OH is 5. The van der Waals surface area contributed by atoms with Crippen molar-refractivity contribution in [1.82, 2.24) is 0 Å². The van der Waals surface area contributed by atoms with Crippen molar-refractivity contribution in [3.63, 3.8) is 0 Å². The van der Waals surface area contributed by atoms with Crippen molar-refractivity contribution < 1.29 is 58.3 Å². The normalized spacial score (nSPS) is 22.3. The van der Waals surface area contributed by atoms with Crippen LogP contribution in [0, 0.1) is 0 Å². The number of esters is 1. The highest BCUT2D eigenvalue weighted by molar-refractivity contribution is 7.47. The van der Waals surface area contributed by atoms with E-state index >= 15 is 0 Å². The van der Waals surface area contributed by atoms with Gasteiger partial charge in [0.2, 0.25) is 0 Å². The lowest BCUT2D eigenvalue weighted by Crippen LogP contribution is -2.64. The van der Waals surface area contributed by atoms with Gasteiger partial charge in [0.15, 0.2) is 0 Å². The number of hydrogen-bond donors (Lipinski definition) is 6. The number of aliphatic hydroxyl groups is 5. The Morgan fingerprint density at radius 3 is 1.44 bits per heavy atom. The van der Waals surface area contributed by atoms with E-state index in [9.17, 15) is 39.8 Å². The largest absolute Gasteiger partial charge is 0.472 e. The van der Waals surface area contributed by atoms with E-state index < -0.39 is 63.1 Å². The molecule has 0 amide bonds. The zero-order valence-electron chi connectivity index (χ0n) is 38.9. The summed E-state index contributed by atoms with van der Waals surface area (Å²) in [6, 6.07) is 0. The Balaban J connectivity index is 2.32. The number of hydrogen-bond acceptors (Lipinski definition) is 11. The van der Waals surface area contributed by atoms with Gasteiger partial charge in [-0.2, -0.15) is 0 Å². The molecule has 1 aliphatic carbocycles. The number of allylic oxidation sites excluding steroid dienone is 6. The Morgan fingerprint density at radius 1 is 0.532 bits per heavy atom. The second-order valence-electron chi connectivity index (χ2n) is 17.3. The van der Waals surface area contributed by atoms with Crippen LogP contribution in [0.4, 0.5) is 0 Å². The van der Waals surface area contributed by atoms with Gasteiger partial charge in [0.25, 0.3) is 0 Å². The molecular weight excluding hydrogens is 812 g/mol. The highest BCUT2D eigenvalue weighted by Gasteiger charge is 2.51. The molecule has 1 saturated carbocycles. The third-order valence-corrected chi connectivity index (χ3v) is 12.5. The fourth-order valence-corrected chi connectivity index (χ4v) is 8.58. The average Bonchev–Trinajstić information content (AvgIpc) is 3.26. The van der Waals surface area contributed by atoms with Crippen LogP contribution in [0.5, 0.6) is 0 Å². The van der Waals surface area contributed by atoms with Crippen LogP contribution in [0.1, 0.15) is 206 Å². The Labute approximate surface area is 376 Å². The Bertz CT molecular complexity index is 1170. The summed E-state index contributed by atoms with van der Waals surface area (Å²) in [5.41, 5.74) is 0. The van der Waals surface area contributed by atoms with Gasteiger partial charge in [0.1, 0.15) is 42.7 Å². The van der Waals surface area contributed by atoms with Gasteiger partial charge >= 0.3 is 13.8 Å². The molecule has 0 saturated heterocycles. The number of rotatable bonds is 42. The van der Waals surface area contributed by atoms with Crippen molar-refractivity contribution in [3.05, 3.63) is 36.5 Å². The molecule has 1 fully saturated rings. The molecule has 1 rings (SSSR count). The smallest absolute Gasteiger partial charge is 0.457 e. The van der Waals surface area contributed by atoms with Gasteiger partial charge in [-0.25, -0.2) is 4.57 Å². The minimum atomic E-state index is -5.02. The molecule has 0 spiro atoms. The van der Waals surface area contributed by atoms with Crippen LogP contribution in [0.25, 0.3) is 0 Å². The van der Waals surface area contributed by atoms with Gasteiger partial charge in [0.05, 0.1) is 13.2 Å². The maximum absolute atomic E-state index is 12.8. The number of carbonyl (C=O) groups excluding carboxylic acids is 1. The number of carbonyl (C=O) groups is 1. The predicted octanol–water partition coefficient (Wildman–Crippen LogP) is 10.6. The van der Waals surface area contributed by atoms with Crippen LogP contribution < -0.4 is 0 Å². The molecule has 0 aromatic heterocycles. The van der Waals surface area contributed by atoms with Gasteiger partial charge in [-0.05, 0) is 44.9 Å². The predicted molar refractivity (Wildman–Crippen MR) is 249 cm³/mol. The molecule has 0 aliphatic heterocycles. The van der Waals surface area contributed by atoms with Crippen LogP contribution in [-0.2, 0) is 27.9 Å². The van der Waals surface area contributed by atoms with Crippen molar-refractivity contribution >= 4 is 13.8 Å². The van der Waals surface area contributed by atoms with E-state index in [1.54, 1.807) is 0 Å². The minimum Gasteiger partial charge on any atom is -0.457 e. The zero-order chi connectivity index (χ0) is 45.5. The van der Waals surface area contributed by atoms with Crippen LogP contribution in [0.15, 0.2) is 36.5 Å². The van der Waals surface area contributed by atoms with E-state index in [0.29, 0.717) is 13.0 Å². The fourth-order valence-electron chi connectivity index (χ4n) is 7.61. The van der Waals surface area contributed by atoms with Crippen LogP contribution in [0.3, 0.4) is 0 Å². The average molecular weight is 903 g/mol. The Morgan fingerprint density at radius 2 is 0.952 bits per heavy atom. The summed E-state index contributed by atoms with van der Waals surface area (Å²) >= 11 is 0. The lowest BCUT2D eigenvalue weighted by Gasteiger charge is -2.41. The summed E-state index contributed by atoms with van der Waals surface area (Å²) in [6.07, 6.45) is 35.2. The third-order valence-electron chi connectivity index (χ3n) is 11.5. The third kappa shape index (κ3) is 31.4. The summed E-state index contributed by atoms with van der Waals surface area (Å²) in [5, 5.41) is 50.2. The standard InChI is InChI=1S/C49H91O12P/c1-3-5-7-9-11-13-15-17-18-19-20-21-22-23-24-25-27-29-31-33-35-37-39-58-40-42(41-59-62(56,57)61-49-47(54)45(52)44(51)46(53)48(49)55)60-43(50)38-36-34-32-30-28-26-16-14-12-10-8-6-4-2/h6,8,12,14,26,28,42,44-49,51-55H,3-5,7,9-11,13,15-25,27,29-41H2,1-2H3,(H,56,57)/b8-6-,14-12-,28-26-. The van der Waals surface area contributed by atoms with E-state index in [4.69, 9.17) is 18.5 Å². The second kappa shape index (κ2) is 39.9. The molecule has 0 heterocycles. The van der Waals surface area contributed by atoms with Crippen LogP contribution in [0.2, 0.25) is 0 Å². The summed E-state index contributed by atoms with van der Waals surface area (Å²) in [6.45, 7) is 4.13. The second-order valence-corrected chi connectivity index (χ2v) is 18.7. The maximum atomic E-state index is 12.8. The summed E-state index contributed by atoms with van der Waals surface area (Å²) in [5.74, 6) is -0.503. The number of phosphoric ester groups is 1. The SMILES string of the molecule is CC/C=C\C/C=C\C/C=C\CCCCCC(=O)OC(COCCCCCCCCCCCCCCCCCCCCCCCC)COP(=O)(O)OC1C(O)C(O)C(O)C(O)C1O. The van der Waals surface area contributed by atoms with Gasteiger partial charge < -0.3 is 39.9 Å². The highest BCUT2D eigenvalue weighted by atomic mass is 31.2. The van der Waals surface area contributed by atoms with Gasteiger partial charge in [-0.15, -0.1) is 0 Å². The van der Waals surface area contributed by atoms with E-state index in [-0.39, 0.29) is 13.0 Å². The first-order chi connectivity index (χ1) is 30.0. The molecule has 0 aromatic carbocycles. The molecule has 6 atom stereocenters. The monoisotopic (exact) mass is 903 g/mol. The first kappa shape index (κ1) is 58.6. The van der Waals surface area contributed by atoms with Crippen LogP contribution >= 0.6 is 7.82 Å². The fraction of sp³-hybridized carbons (Fsp3) is 0.857. The molecule has 13 heteroatoms. The Kier molecular flexibility index (Phi) is 37.7. The van der Waals surface area contributed by atoms with Gasteiger partial charge in [-0.1, -0.05) is 192 Å². The van der Waals surface area contributed by atoms with Crippen molar-refractivity contribution in [2.24, 2.45) is 0 Å². The summed E-state index contributed by atoms with van der Waals surface area (Å²) < 4.78 is 34.2. The molecule has 0 radical (unpaired) electrons. The van der Waals surface area contributed by atoms with Crippen molar-refractivity contribution in [2.45, 2.75) is 249 Å². The molecular formula is C49H91O12P. The van der Waals surface area contributed by atoms with Crippen LogP contribution in [-0.4, -0.2) is 98.9 Å². The zero-order valence-corrected chi connectivity index (χ0v) is 39.8. The number of unbranched alkanes of at least 4 members (excludes halogenated alkanes) is 24. The lowest BCUT2D eigenvalue weighted by atomic mass is 9.85. The van der Waals surface area contributed by atoms with Crippen molar-refractivity contribution in [2.75, 3.05) is 19.8 Å². The van der Waals surface area contributed by atoms with E-state index in [1.165, 1.54) is 122 Å². The lowest BCUT2D eigenvalue weighted by molar-refractivity contribution is -0.220. The molecule has 12 nitrogen and oxygen atoms in total. The molecule has 6 N–H and O–H groups in total. The summed E-state index contributed by atoms with van der Waals surface area (Å²) in [7, 11) is -5.02. The van der Waals surface area contributed by atoms with E-state index in [1.807, 2.05) is 0 Å². The number of ether oxygens (including phenoxy) is 2. The van der Waals surface area contributed by atoms with E-state index in [0.717, 1.165) is 57.8 Å². The molecule has 62 heavy (non-hydrogen) atoms. The Hall–Kier alpha value is -1.44. The van der Waals surface area contributed by atoms with Gasteiger partial charge in [0, 0.05) is 13.0 Å². The highest BCUT2D eigenvalue weighted by Crippen LogP contribution is 2.47. The topological polar surface area (TPSA) is 192 Å². The number of phosphoric acid groups is 1. The first-order valence-corrected chi connectivity index (χ1v) is 26.3. The van der Waals surface area contributed by atoms with Gasteiger partial charge in [-0.3, -0.25) is 13.8 Å². The molecule has 6 unspecified atom stereocenters. The first-order valence-electron chi connectivity index (χ1n) is 24.8.